The molecule has 0 fully saturated rings. The molecule has 0 saturated heterocycles. The van der Waals surface area contributed by atoms with E-state index in [0.29, 0.717) is 10.3 Å². The van der Waals surface area contributed by atoms with Crippen molar-refractivity contribution in [1.29, 1.82) is 0 Å². The summed E-state index contributed by atoms with van der Waals surface area (Å²) in [5.74, 6) is 0.791. The van der Waals surface area contributed by atoms with Gasteiger partial charge >= 0.3 is 0 Å². The molecule has 0 atom stereocenters. The summed E-state index contributed by atoms with van der Waals surface area (Å²) in [5.41, 5.74) is 0. The topological polar surface area (TPSA) is 35.0 Å². The van der Waals surface area contributed by atoms with Crippen molar-refractivity contribution in [2.75, 3.05) is 7.11 Å². The van der Waals surface area contributed by atoms with Gasteiger partial charge in [-0.15, -0.1) is 10.2 Å². The van der Waals surface area contributed by atoms with Gasteiger partial charge in [-0.1, -0.05) is 41.0 Å². The molecule has 0 radical (unpaired) electrons. The number of hydrogen-bond donors (Lipinski definition) is 0. The lowest BCUT2D eigenvalue weighted by molar-refractivity contribution is 0.413. The molecule has 1 aromatic heterocycles. The smallest absolute Gasteiger partial charge is 0.165 e. The van der Waals surface area contributed by atoms with Crippen molar-refractivity contribution in [3.63, 3.8) is 0 Å². The van der Waals surface area contributed by atoms with Crippen LogP contribution in [0.2, 0.25) is 10.3 Å². The van der Waals surface area contributed by atoms with Gasteiger partial charge in [-0.2, -0.15) is 0 Å². The normalized spacial score (nSPS) is 10.3. The lowest BCUT2D eigenvalue weighted by atomic mass is 10.3. The molecule has 2 aromatic rings. The van der Waals surface area contributed by atoms with Gasteiger partial charge in [-0.05, 0) is 24.3 Å². The van der Waals surface area contributed by atoms with E-state index < -0.39 is 0 Å². The summed E-state index contributed by atoms with van der Waals surface area (Å²) in [6.07, 6.45) is 0. The van der Waals surface area contributed by atoms with Crippen LogP contribution >= 0.6 is 35.0 Å². The Bertz CT molecular complexity index is 537. The number of halogens is 2. The van der Waals surface area contributed by atoms with E-state index in [4.69, 9.17) is 27.9 Å². The molecular formula is C11H8Cl2N2OS. The summed E-state index contributed by atoms with van der Waals surface area (Å²) in [6.45, 7) is 0. The van der Waals surface area contributed by atoms with Crippen molar-refractivity contribution in [3.8, 4) is 5.75 Å². The van der Waals surface area contributed by atoms with Crippen molar-refractivity contribution in [2.24, 2.45) is 0 Å². The standard InChI is InChI=1S/C11H8Cl2N2OS/c1-16-7-3-2-4-8(5-7)17-9-6-10(12)14-15-11(9)13/h2-6H,1H3. The molecule has 0 amide bonds. The molecule has 17 heavy (non-hydrogen) atoms. The molecule has 0 bridgehead atoms. The minimum atomic E-state index is 0.319. The van der Waals surface area contributed by atoms with Crippen LogP contribution < -0.4 is 4.74 Å². The first-order valence-corrected chi connectivity index (χ1v) is 6.27. The molecule has 0 aliphatic heterocycles. The van der Waals surface area contributed by atoms with Gasteiger partial charge in [0, 0.05) is 4.90 Å². The third-order valence-electron chi connectivity index (χ3n) is 1.96. The second-order valence-electron chi connectivity index (χ2n) is 3.10. The van der Waals surface area contributed by atoms with Crippen molar-refractivity contribution >= 4 is 35.0 Å². The predicted molar refractivity (Wildman–Crippen MR) is 69.2 cm³/mol. The largest absolute Gasteiger partial charge is 0.497 e. The molecule has 1 aromatic carbocycles. The summed E-state index contributed by atoms with van der Waals surface area (Å²) in [7, 11) is 1.63. The molecule has 2 rings (SSSR count). The van der Waals surface area contributed by atoms with E-state index in [1.54, 1.807) is 13.2 Å². The number of rotatable bonds is 3. The number of methoxy groups -OCH3 is 1. The van der Waals surface area contributed by atoms with Crippen LogP contribution in [0.15, 0.2) is 40.1 Å². The van der Waals surface area contributed by atoms with Crippen LogP contribution in [0.5, 0.6) is 5.75 Å². The average molecular weight is 287 g/mol. The highest BCUT2D eigenvalue weighted by atomic mass is 35.5. The quantitative estimate of drug-likeness (QED) is 0.856. The first-order chi connectivity index (χ1) is 8.19. The maximum Gasteiger partial charge on any atom is 0.165 e. The van der Waals surface area contributed by atoms with Gasteiger partial charge in [-0.3, -0.25) is 0 Å². The van der Waals surface area contributed by atoms with E-state index in [2.05, 4.69) is 10.2 Å². The predicted octanol–water partition coefficient (Wildman–Crippen LogP) is 3.94. The molecule has 6 heteroatoms. The number of hydrogen-bond acceptors (Lipinski definition) is 4. The molecule has 0 aliphatic rings. The van der Waals surface area contributed by atoms with E-state index in [0.717, 1.165) is 15.5 Å². The van der Waals surface area contributed by atoms with Gasteiger partial charge in [0.25, 0.3) is 0 Å². The summed E-state index contributed by atoms with van der Waals surface area (Å²) < 4.78 is 5.15. The van der Waals surface area contributed by atoms with E-state index in [9.17, 15) is 0 Å². The fourth-order valence-corrected chi connectivity index (χ4v) is 2.49. The van der Waals surface area contributed by atoms with E-state index in [1.807, 2.05) is 24.3 Å². The summed E-state index contributed by atoms with van der Waals surface area (Å²) in [6, 6.07) is 9.34. The molecule has 1 heterocycles. The van der Waals surface area contributed by atoms with Crippen LogP contribution in [0.4, 0.5) is 0 Å². The molecule has 0 unspecified atom stereocenters. The van der Waals surface area contributed by atoms with E-state index >= 15 is 0 Å². The highest BCUT2D eigenvalue weighted by Gasteiger charge is 2.06. The Labute approximate surface area is 113 Å². The van der Waals surface area contributed by atoms with Crippen LogP contribution in [-0.2, 0) is 0 Å². The molecule has 0 spiro atoms. The van der Waals surface area contributed by atoms with Crippen molar-refractivity contribution in [1.82, 2.24) is 10.2 Å². The maximum absolute atomic E-state index is 5.94. The minimum absolute atomic E-state index is 0.319. The van der Waals surface area contributed by atoms with Crippen molar-refractivity contribution in [2.45, 2.75) is 9.79 Å². The molecule has 88 valence electrons. The van der Waals surface area contributed by atoms with Gasteiger partial charge < -0.3 is 4.74 Å². The maximum atomic E-state index is 5.94. The van der Waals surface area contributed by atoms with Gasteiger partial charge in [0.2, 0.25) is 0 Å². The number of ether oxygens (including phenoxy) is 1. The summed E-state index contributed by atoms with van der Waals surface area (Å²) >= 11 is 13.2. The van der Waals surface area contributed by atoms with Gasteiger partial charge in [0.1, 0.15) is 5.75 Å². The van der Waals surface area contributed by atoms with Crippen molar-refractivity contribution in [3.05, 3.63) is 40.6 Å². The molecular weight excluding hydrogens is 279 g/mol. The number of aromatic nitrogens is 2. The Morgan fingerprint density at radius 1 is 1.18 bits per heavy atom. The zero-order valence-electron chi connectivity index (χ0n) is 8.85. The monoisotopic (exact) mass is 286 g/mol. The Balaban J connectivity index is 2.27. The molecule has 3 nitrogen and oxygen atoms in total. The minimum Gasteiger partial charge on any atom is -0.497 e. The average Bonchev–Trinajstić information content (AvgIpc) is 2.34. The van der Waals surface area contributed by atoms with Crippen LogP contribution in [0.3, 0.4) is 0 Å². The lowest BCUT2D eigenvalue weighted by Crippen LogP contribution is -1.86. The summed E-state index contributed by atoms with van der Waals surface area (Å²) in [5, 5.41) is 8.06. The Morgan fingerprint density at radius 3 is 2.76 bits per heavy atom. The number of benzene rings is 1. The SMILES string of the molecule is COc1cccc(Sc2cc(Cl)nnc2Cl)c1. The first kappa shape index (κ1) is 12.5. The van der Waals surface area contributed by atoms with Gasteiger partial charge in [0.05, 0.1) is 12.0 Å². The summed E-state index contributed by atoms with van der Waals surface area (Å²) in [4.78, 5) is 1.76. The second-order valence-corrected chi connectivity index (χ2v) is 4.96. The van der Waals surface area contributed by atoms with Crippen LogP contribution in [0.25, 0.3) is 0 Å². The van der Waals surface area contributed by atoms with Gasteiger partial charge in [0.15, 0.2) is 10.3 Å². The third kappa shape index (κ3) is 3.25. The molecule has 0 N–H and O–H groups in total. The third-order valence-corrected chi connectivity index (χ3v) is 3.55. The molecule has 0 saturated carbocycles. The number of nitrogens with zero attached hydrogens (tertiary/aromatic N) is 2. The first-order valence-electron chi connectivity index (χ1n) is 4.69. The Kier molecular flexibility index (Phi) is 4.10. The van der Waals surface area contributed by atoms with Gasteiger partial charge in [-0.25, -0.2) is 0 Å². The Hall–Kier alpha value is -0.970. The van der Waals surface area contributed by atoms with Crippen molar-refractivity contribution < 1.29 is 4.74 Å². The fourth-order valence-electron chi connectivity index (χ4n) is 1.20. The zero-order chi connectivity index (χ0) is 12.3. The van der Waals surface area contributed by atoms with Crippen LogP contribution in [0, 0.1) is 0 Å². The second kappa shape index (κ2) is 5.58. The lowest BCUT2D eigenvalue weighted by Gasteiger charge is -2.05. The molecule has 0 aliphatic carbocycles. The zero-order valence-corrected chi connectivity index (χ0v) is 11.2. The van der Waals surface area contributed by atoms with E-state index in [-0.39, 0.29) is 0 Å². The fraction of sp³-hybridized carbons (Fsp3) is 0.0909. The van der Waals surface area contributed by atoms with Crippen LogP contribution in [-0.4, -0.2) is 17.3 Å². The highest BCUT2D eigenvalue weighted by molar-refractivity contribution is 7.99. The Morgan fingerprint density at radius 2 is 2.00 bits per heavy atom. The highest BCUT2D eigenvalue weighted by Crippen LogP contribution is 2.34. The van der Waals surface area contributed by atoms with E-state index in [1.165, 1.54) is 11.8 Å². The van der Waals surface area contributed by atoms with Crippen LogP contribution in [0.1, 0.15) is 0 Å².